The molecule has 1 heterocycles. The summed E-state index contributed by atoms with van der Waals surface area (Å²) in [5.41, 5.74) is 0. The predicted octanol–water partition coefficient (Wildman–Crippen LogP) is -0.268. The first-order valence-corrected chi connectivity index (χ1v) is 3.09. The van der Waals surface area contributed by atoms with E-state index in [2.05, 4.69) is 0 Å². The van der Waals surface area contributed by atoms with E-state index in [0.717, 1.165) is 0 Å². The van der Waals surface area contributed by atoms with Crippen molar-refractivity contribution >= 4 is 5.97 Å². The number of carboxylic acid groups (broad SMARTS) is 1. The number of hydrogen-bond acceptors (Lipinski definition) is 3. The molecule has 1 saturated heterocycles. The first-order chi connectivity index (χ1) is 4.75. The van der Waals surface area contributed by atoms with Crippen LogP contribution in [0.25, 0.3) is 0 Å². The van der Waals surface area contributed by atoms with Gasteiger partial charge in [0.25, 0.3) is 0 Å². The quantitative estimate of drug-likeness (QED) is 0.582. The highest BCUT2D eigenvalue weighted by molar-refractivity contribution is 5.71. The first-order valence-electron chi connectivity index (χ1n) is 3.09. The van der Waals surface area contributed by atoms with Gasteiger partial charge in [0.1, 0.15) is 5.92 Å². The average Bonchev–Trinajstić information content (AvgIpc) is 2.33. The molecule has 1 aliphatic heterocycles. The molecule has 58 valence electrons. The summed E-state index contributed by atoms with van der Waals surface area (Å²) in [5.74, 6) is -1.32. The van der Waals surface area contributed by atoms with Crippen LogP contribution in [0.15, 0.2) is 0 Å². The van der Waals surface area contributed by atoms with Crippen LogP contribution in [0.1, 0.15) is 0 Å². The first kappa shape index (κ1) is 7.50. The van der Waals surface area contributed by atoms with Crippen molar-refractivity contribution in [1.82, 2.24) is 0 Å². The van der Waals surface area contributed by atoms with Crippen LogP contribution in [0.3, 0.4) is 0 Å². The van der Waals surface area contributed by atoms with E-state index < -0.39 is 11.9 Å². The van der Waals surface area contributed by atoms with Crippen molar-refractivity contribution in [3.8, 4) is 0 Å². The zero-order valence-electron chi connectivity index (χ0n) is 5.74. The third-order valence-electron chi connectivity index (χ3n) is 1.65. The minimum atomic E-state index is -0.843. The summed E-state index contributed by atoms with van der Waals surface area (Å²) in [6, 6.07) is 0. The topological polar surface area (TPSA) is 55.8 Å². The standard InChI is InChI=1S/C6H10O4/c1-9-5-3-10-2-4(5)6(7)8/h4-5H,2-3H2,1H3,(H,7,8)/t4-,5+/m1/s1. The lowest BCUT2D eigenvalue weighted by atomic mass is 10.1. The minimum Gasteiger partial charge on any atom is -0.481 e. The highest BCUT2D eigenvalue weighted by Gasteiger charge is 2.33. The monoisotopic (exact) mass is 146 g/mol. The molecule has 0 radical (unpaired) electrons. The molecule has 2 atom stereocenters. The van der Waals surface area contributed by atoms with Gasteiger partial charge in [-0.25, -0.2) is 0 Å². The fourth-order valence-electron chi connectivity index (χ4n) is 0.997. The molecule has 0 aromatic heterocycles. The summed E-state index contributed by atoms with van der Waals surface area (Å²) in [5, 5.41) is 8.55. The zero-order chi connectivity index (χ0) is 7.56. The van der Waals surface area contributed by atoms with Gasteiger partial charge in [0.05, 0.1) is 19.3 Å². The normalized spacial score (nSPS) is 32.5. The largest absolute Gasteiger partial charge is 0.481 e. The Morgan fingerprint density at radius 1 is 1.70 bits per heavy atom. The van der Waals surface area contributed by atoms with Crippen LogP contribution in [-0.4, -0.2) is 37.5 Å². The van der Waals surface area contributed by atoms with Gasteiger partial charge >= 0.3 is 5.97 Å². The van der Waals surface area contributed by atoms with Crippen molar-refractivity contribution in [2.24, 2.45) is 5.92 Å². The fourth-order valence-corrected chi connectivity index (χ4v) is 0.997. The minimum absolute atomic E-state index is 0.266. The van der Waals surface area contributed by atoms with Crippen LogP contribution in [0.4, 0.5) is 0 Å². The van der Waals surface area contributed by atoms with Gasteiger partial charge in [0.2, 0.25) is 0 Å². The van der Waals surface area contributed by atoms with Crippen LogP contribution in [0.5, 0.6) is 0 Å². The smallest absolute Gasteiger partial charge is 0.311 e. The van der Waals surface area contributed by atoms with E-state index in [4.69, 9.17) is 14.6 Å². The molecule has 4 nitrogen and oxygen atoms in total. The molecular formula is C6H10O4. The molecule has 1 N–H and O–H groups in total. The Morgan fingerprint density at radius 2 is 2.40 bits per heavy atom. The molecule has 1 fully saturated rings. The van der Waals surface area contributed by atoms with Crippen LogP contribution in [0, 0.1) is 5.92 Å². The Labute approximate surface area is 58.7 Å². The molecule has 1 rings (SSSR count). The second kappa shape index (κ2) is 2.98. The Balaban J connectivity index is 2.50. The van der Waals surface area contributed by atoms with Gasteiger partial charge in [-0.15, -0.1) is 0 Å². The van der Waals surface area contributed by atoms with Gasteiger partial charge in [-0.1, -0.05) is 0 Å². The van der Waals surface area contributed by atoms with Crippen LogP contribution < -0.4 is 0 Å². The maximum atomic E-state index is 10.4. The molecule has 0 bridgehead atoms. The number of carboxylic acids is 1. The van der Waals surface area contributed by atoms with Gasteiger partial charge in [-0.05, 0) is 0 Å². The van der Waals surface area contributed by atoms with Crippen LogP contribution in [0.2, 0.25) is 0 Å². The van der Waals surface area contributed by atoms with Crippen LogP contribution in [-0.2, 0) is 14.3 Å². The van der Waals surface area contributed by atoms with Gasteiger partial charge < -0.3 is 14.6 Å². The highest BCUT2D eigenvalue weighted by Crippen LogP contribution is 2.15. The van der Waals surface area contributed by atoms with Gasteiger partial charge in [0, 0.05) is 7.11 Å². The fraction of sp³-hybridized carbons (Fsp3) is 0.833. The van der Waals surface area contributed by atoms with Crippen molar-refractivity contribution < 1.29 is 19.4 Å². The summed E-state index contributed by atoms with van der Waals surface area (Å²) >= 11 is 0. The lowest BCUT2D eigenvalue weighted by Gasteiger charge is -2.09. The molecule has 0 aromatic carbocycles. The summed E-state index contributed by atoms with van der Waals surface area (Å²) in [6.45, 7) is 0.668. The van der Waals surface area contributed by atoms with Gasteiger partial charge in [-0.2, -0.15) is 0 Å². The number of rotatable bonds is 2. The Kier molecular flexibility index (Phi) is 2.24. The molecule has 4 heteroatoms. The Hall–Kier alpha value is -0.610. The third-order valence-corrected chi connectivity index (χ3v) is 1.65. The van der Waals surface area contributed by atoms with E-state index in [1.807, 2.05) is 0 Å². The molecule has 0 unspecified atom stereocenters. The molecular weight excluding hydrogens is 136 g/mol. The van der Waals surface area contributed by atoms with Crippen molar-refractivity contribution in [2.75, 3.05) is 20.3 Å². The van der Waals surface area contributed by atoms with Gasteiger partial charge in [-0.3, -0.25) is 4.79 Å². The van der Waals surface area contributed by atoms with E-state index in [1.54, 1.807) is 0 Å². The van der Waals surface area contributed by atoms with E-state index in [1.165, 1.54) is 7.11 Å². The van der Waals surface area contributed by atoms with E-state index >= 15 is 0 Å². The van der Waals surface area contributed by atoms with Crippen molar-refractivity contribution in [2.45, 2.75) is 6.10 Å². The number of carbonyl (C=O) groups is 1. The number of ether oxygens (including phenoxy) is 2. The maximum absolute atomic E-state index is 10.4. The van der Waals surface area contributed by atoms with E-state index in [0.29, 0.717) is 6.61 Å². The Morgan fingerprint density at radius 3 is 2.80 bits per heavy atom. The molecule has 0 amide bonds. The van der Waals surface area contributed by atoms with Gasteiger partial charge in [0.15, 0.2) is 0 Å². The average molecular weight is 146 g/mol. The second-order valence-corrected chi connectivity index (χ2v) is 2.26. The van der Waals surface area contributed by atoms with Crippen LogP contribution >= 0.6 is 0 Å². The van der Waals surface area contributed by atoms with E-state index in [-0.39, 0.29) is 12.7 Å². The number of hydrogen-bond donors (Lipinski definition) is 1. The summed E-state index contributed by atoms with van der Waals surface area (Å²) in [6.07, 6.45) is -0.266. The lowest BCUT2D eigenvalue weighted by Crippen LogP contribution is -2.27. The summed E-state index contributed by atoms with van der Waals surface area (Å²) < 4.78 is 9.80. The molecule has 0 aliphatic carbocycles. The SMILES string of the molecule is CO[C@H]1COC[C@H]1C(=O)O. The number of aliphatic carboxylic acids is 1. The third kappa shape index (κ3) is 1.27. The summed E-state index contributed by atoms with van der Waals surface area (Å²) in [7, 11) is 1.50. The molecule has 1 aliphatic rings. The molecule has 0 saturated carbocycles. The molecule has 10 heavy (non-hydrogen) atoms. The molecule has 0 aromatic rings. The Bertz CT molecular complexity index is 134. The lowest BCUT2D eigenvalue weighted by molar-refractivity contribution is -0.144. The highest BCUT2D eigenvalue weighted by atomic mass is 16.5. The summed E-state index contributed by atoms with van der Waals surface area (Å²) in [4.78, 5) is 10.4. The van der Waals surface area contributed by atoms with Crippen molar-refractivity contribution in [1.29, 1.82) is 0 Å². The predicted molar refractivity (Wildman–Crippen MR) is 32.7 cm³/mol. The van der Waals surface area contributed by atoms with Crippen molar-refractivity contribution in [3.05, 3.63) is 0 Å². The molecule has 0 spiro atoms. The second-order valence-electron chi connectivity index (χ2n) is 2.26. The maximum Gasteiger partial charge on any atom is 0.311 e. The van der Waals surface area contributed by atoms with E-state index in [9.17, 15) is 4.79 Å². The van der Waals surface area contributed by atoms with Crippen molar-refractivity contribution in [3.63, 3.8) is 0 Å². The zero-order valence-corrected chi connectivity index (χ0v) is 5.74. The number of methoxy groups -OCH3 is 1.